The van der Waals surface area contributed by atoms with Crippen LogP contribution in [0.2, 0.25) is 0 Å². The SMILES string of the molecule is CCC1Sc2ccccc2-c2c1c(C(=O)O)nn2-c1ccc(Br)cc1. The van der Waals surface area contributed by atoms with Gasteiger partial charge in [0.15, 0.2) is 5.69 Å². The van der Waals surface area contributed by atoms with Gasteiger partial charge in [-0.2, -0.15) is 5.10 Å². The van der Waals surface area contributed by atoms with Crippen LogP contribution in [0.15, 0.2) is 57.9 Å². The summed E-state index contributed by atoms with van der Waals surface area (Å²) in [4.78, 5) is 13.0. The molecule has 1 unspecified atom stereocenters. The lowest BCUT2D eigenvalue weighted by Crippen LogP contribution is -2.07. The Morgan fingerprint density at radius 1 is 1.24 bits per heavy atom. The van der Waals surface area contributed by atoms with Gasteiger partial charge in [-0.05, 0) is 36.8 Å². The van der Waals surface area contributed by atoms with Crippen molar-refractivity contribution in [1.29, 1.82) is 0 Å². The van der Waals surface area contributed by atoms with Gasteiger partial charge in [-0.25, -0.2) is 9.48 Å². The molecule has 0 saturated heterocycles. The molecule has 4 rings (SSSR count). The number of halogens is 1. The van der Waals surface area contributed by atoms with Crippen LogP contribution in [-0.2, 0) is 0 Å². The summed E-state index contributed by atoms with van der Waals surface area (Å²) in [6.45, 7) is 2.08. The molecule has 0 fully saturated rings. The fraction of sp³-hybridized carbons (Fsp3) is 0.158. The molecule has 6 heteroatoms. The molecule has 0 radical (unpaired) electrons. The van der Waals surface area contributed by atoms with Gasteiger partial charge in [0, 0.05) is 25.7 Å². The largest absolute Gasteiger partial charge is 0.476 e. The molecule has 1 aliphatic heterocycles. The molecule has 1 aromatic heterocycles. The topological polar surface area (TPSA) is 55.1 Å². The molecule has 0 bridgehead atoms. The smallest absolute Gasteiger partial charge is 0.356 e. The zero-order valence-corrected chi connectivity index (χ0v) is 15.8. The maximum Gasteiger partial charge on any atom is 0.356 e. The first-order chi connectivity index (χ1) is 12.1. The lowest BCUT2D eigenvalue weighted by Gasteiger charge is -2.24. The zero-order chi connectivity index (χ0) is 17.6. The minimum absolute atomic E-state index is 0.0835. The summed E-state index contributed by atoms with van der Waals surface area (Å²) in [5.41, 5.74) is 3.74. The summed E-state index contributed by atoms with van der Waals surface area (Å²) < 4.78 is 2.74. The van der Waals surface area contributed by atoms with Crippen LogP contribution in [0.1, 0.15) is 34.6 Å². The molecule has 0 aliphatic carbocycles. The van der Waals surface area contributed by atoms with Crippen LogP contribution in [0, 0.1) is 0 Å². The first-order valence-corrected chi connectivity index (χ1v) is 9.65. The quantitative estimate of drug-likeness (QED) is 0.609. The van der Waals surface area contributed by atoms with Gasteiger partial charge < -0.3 is 5.11 Å². The molecule has 0 saturated carbocycles. The average molecular weight is 415 g/mol. The van der Waals surface area contributed by atoms with Crippen LogP contribution in [0.4, 0.5) is 0 Å². The van der Waals surface area contributed by atoms with Crippen LogP contribution in [-0.4, -0.2) is 20.9 Å². The van der Waals surface area contributed by atoms with Gasteiger partial charge in [-0.15, -0.1) is 11.8 Å². The maximum absolute atomic E-state index is 11.9. The highest BCUT2D eigenvalue weighted by molar-refractivity contribution is 9.10. The van der Waals surface area contributed by atoms with Gasteiger partial charge in [0.1, 0.15) is 0 Å². The molecule has 0 spiro atoms. The van der Waals surface area contributed by atoms with E-state index in [2.05, 4.69) is 34.0 Å². The second-order valence-corrected chi connectivity index (χ2v) is 7.98. The van der Waals surface area contributed by atoms with E-state index in [1.807, 2.05) is 42.5 Å². The van der Waals surface area contributed by atoms with E-state index >= 15 is 0 Å². The molecule has 4 nitrogen and oxygen atoms in total. The maximum atomic E-state index is 11.9. The summed E-state index contributed by atoms with van der Waals surface area (Å²) in [6.07, 6.45) is 0.846. The third-order valence-corrected chi connectivity index (χ3v) is 6.29. The van der Waals surface area contributed by atoms with Crippen molar-refractivity contribution in [1.82, 2.24) is 9.78 Å². The summed E-state index contributed by atoms with van der Waals surface area (Å²) in [5.74, 6) is -0.981. The lowest BCUT2D eigenvalue weighted by molar-refractivity contribution is 0.0688. The van der Waals surface area contributed by atoms with E-state index in [9.17, 15) is 9.90 Å². The number of nitrogens with zero attached hydrogens (tertiary/aromatic N) is 2. The Labute approximate surface area is 158 Å². The Balaban J connectivity index is 2.05. The second-order valence-electron chi connectivity index (χ2n) is 5.82. The van der Waals surface area contributed by atoms with E-state index in [0.29, 0.717) is 0 Å². The lowest BCUT2D eigenvalue weighted by atomic mass is 10.00. The number of rotatable bonds is 3. The molecule has 3 aromatic rings. The van der Waals surface area contributed by atoms with Crippen molar-refractivity contribution in [2.45, 2.75) is 23.5 Å². The number of carboxylic acid groups (broad SMARTS) is 1. The molecule has 0 amide bonds. The van der Waals surface area contributed by atoms with Crippen molar-refractivity contribution in [3.63, 3.8) is 0 Å². The highest BCUT2D eigenvalue weighted by atomic mass is 79.9. The van der Waals surface area contributed by atoms with Gasteiger partial charge in [-0.3, -0.25) is 0 Å². The van der Waals surface area contributed by atoms with Gasteiger partial charge in [0.25, 0.3) is 0 Å². The Hall–Kier alpha value is -2.05. The van der Waals surface area contributed by atoms with E-state index in [-0.39, 0.29) is 10.9 Å². The predicted molar refractivity (Wildman–Crippen MR) is 103 cm³/mol. The van der Waals surface area contributed by atoms with Crippen molar-refractivity contribution in [2.75, 3.05) is 0 Å². The number of fused-ring (bicyclic) bond motifs is 3. The van der Waals surface area contributed by atoms with Gasteiger partial charge in [0.2, 0.25) is 0 Å². The molecule has 2 heterocycles. The third-order valence-electron chi connectivity index (χ3n) is 4.30. The Morgan fingerprint density at radius 2 is 1.96 bits per heavy atom. The summed E-state index contributed by atoms with van der Waals surface area (Å²) in [5, 5.41) is 14.3. The van der Waals surface area contributed by atoms with E-state index in [0.717, 1.165) is 38.3 Å². The number of hydrogen-bond acceptors (Lipinski definition) is 3. The predicted octanol–water partition coefficient (Wildman–Crippen LogP) is 5.56. The van der Waals surface area contributed by atoms with Crippen LogP contribution in [0.25, 0.3) is 16.9 Å². The summed E-state index contributed by atoms with van der Waals surface area (Å²) >= 11 is 5.16. The van der Waals surface area contributed by atoms with Crippen molar-refractivity contribution >= 4 is 33.7 Å². The highest BCUT2D eigenvalue weighted by Gasteiger charge is 2.34. The first kappa shape index (κ1) is 16.4. The zero-order valence-electron chi connectivity index (χ0n) is 13.4. The summed E-state index contributed by atoms with van der Waals surface area (Å²) in [6, 6.07) is 15.9. The molecule has 126 valence electrons. The standard InChI is InChI=1S/C19H15BrN2O2S/c1-2-14-16-17(19(23)24)21-22(12-9-7-11(20)8-10-12)18(16)13-5-3-4-6-15(13)25-14/h3-10,14H,2H2,1H3,(H,23,24). The van der Waals surface area contributed by atoms with E-state index in [1.54, 1.807) is 16.4 Å². The van der Waals surface area contributed by atoms with E-state index < -0.39 is 5.97 Å². The molecular weight excluding hydrogens is 400 g/mol. The molecule has 1 N–H and O–H groups in total. The third kappa shape index (κ3) is 2.69. The van der Waals surface area contributed by atoms with E-state index in [4.69, 9.17) is 0 Å². The second kappa shape index (κ2) is 6.35. The number of carboxylic acids is 1. The monoisotopic (exact) mass is 414 g/mol. The molecule has 1 aliphatic rings. The number of hydrogen-bond donors (Lipinski definition) is 1. The van der Waals surface area contributed by atoms with Crippen molar-refractivity contribution in [2.24, 2.45) is 0 Å². The Kier molecular flexibility index (Phi) is 4.17. The van der Waals surface area contributed by atoms with Crippen molar-refractivity contribution < 1.29 is 9.90 Å². The van der Waals surface area contributed by atoms with Crippen LogP contribution in [0.5, 0.6) is 0 Å². The molecule has 1 atom stereocenters. The fourth-order valence-corrected chi connectivity index (χ4v) is 4.71. The molecular formula is C19H15BrN2O2S. The first-order valence-electron chi connectivity index (χ1n) is 7.98. The fourth-order valence-electron chi connectivity index (χ4n) is 3.19. The number of aromatic carboxylic acids is 1. The number of aromatic nitrogens is 2. The molecule has 2 aromatic carbocycles. The minimum atomic E-state index is -0.981. The number of thioether (sulfide) groups is 1. The average Bonchev–Trinajstić information content (AvgIpc) is 3.03. The number of carbonyl (C=O) groups is 1. The van der Waals surface area contributed by atoms with Crippen LogP contribution in [0.3, 0.4) is 0 Å². The minimum Gasteiger partial charge on any atom is -0.476 e. The van der Waals surface area contributed by atoms with Crippen molar-refractivity contribution in [3.8, 4) is 16.9 Å². The highest BCUT2D eigenvalue weighted by Crippen LogP contribution is 2.51. The molecule has 25 heavy (non-hydrogen) atoms. The van der Waals surface area contributed by atoms with Crippen LogP contribution < -0.4 is 0 Å². The van der Waals surface area contributed by atoms with Gasteiger partial charge >= 0.3 is 5.97 Å². The van der Waals surface area contributed by atoms with Gasteiger partial charge in [-0.1, -0.05) is 41.1 Å². The normalized spacial score (nSPS) is 15.5. The Bertz CT molecular complexity index is 966. The number of benzene rings is 2. The van der Waals surface area contributed by atoms with Gasteiger partial charge in [0.05, 0.1) is 11.4 Å². The van der Waals surface area contributed by atoms with Crippen LogP contribution >= 0.6 is 27.7 Å². The Morgan fingerprint density at radius 3 is 2.64 bits per heavy atom. The van der Waals surface area contributed by atoms with Crippen molar-refractivity contribution in [3.05, 3.63) is 64.3 Å². The summed E-state index contributed by atoms with van der Waals surface area (Å²) in [7, 11) is 0. The van der Waals surface area contributed by atoms with E-state index in [1.165, 1.54) is 0 Å².